The third-order valence-electron chi connectivity index (χ3n) is 4.68. The molecule has 0 unspecified atom stereocenters. The lowest BCUT2D eigenvalue weighted by atomic mass is 10.2. The van der Waals surface area contributed by atoms with Crippen LogP contribution in [0.2, 0.25) is 0 Å². The van der Waals surface area contributed by atoms with Crippen LogP contribution in [-0.2, 0) is 16.0 Å². The molecule has 0 saturated heterocycles. The molecule has 2 heterocycles. The summed E-state index contributed by atoms with van der Waals surface area (Å²) in [7, 11) is -2.08. The summed E-state index contributed by atoms with van der Waals surface area (Å²) in [6, 6.07) is 4.06. The highest BCUT2D eigenvalue weighted by atomic mass is 32.2. The summed E-state index contributed by atoms with van der Waals surface area (Å²) in [6.45, 7) is 3.72. The molecule has 3 aromatic rings. The number of methoxy groups -OCH3 is 1. The van der Waals surface area contributed by atoms with Gasteiger partial charge in [0.25, 0.3) is 0 Å². The number of aromatic amines is 1. The number of H-pyrrole nitrogens is 1. The summed E-state index contributed by atoms with van der Waals surface area (Å²) in [6.07, 6.45) is -1.98. The number of alkyl halides is 3. The predicted octanol–water partition coefficient (Wildman–Crippen LogP) is 4.34. The molecule has 0 fully saturated rings. The molecule has 0 saturated carbocycles. The number of aromatic nitrogens is 3. The molecule has 0 amide bonds. The number of nitrogens with one attached hydrogen (secondary N) is 3. The van der Waals surface area contributed by atoms with E-state index in [9.17, 15) is 21.6 Å². The standard InChI is InChI=1S/C19H22F3N5O3S/c1-5-10(2)24-17-15-12(19(20,21)22)9-23-16(15)26-18(27-17)25-13-7-6-11(31(4,28)29)8-14(13)30-3/h6-10H,5H2,1-4H3,(H3,23,24,25,26,27)/t10-/m0/s1. The van der Waals surface area contributed by atoms with Crippen molar-refractivity contribution < 1.29 is 26.3 Å². The van der Waals surface area contributed by atoms with Crippen molar-refractivity contribution in [1.82, 2.24) is 15.0 Å². The average Bonchev–Trinajstić information content (AvgIpc) is 3.12. The second-order valence-electron chi connectivity index (χ2n) is 7.03. The molecule has 1 aromatic carbocycles. The van der Waals surface area contributed by atoms with Crippen LogP contribution in [0.1, 0.15) is 25.8 Å². The third-order valence-corrected chi connectivity index (χ3v) is 5.79. The summed E-state index contributed by atoms with van der Waals surface area (Å²) in [5.41, 5.74) is -0.511. The van der Waals surface area contributed by atoms with Gasteiger partial charge in [-0.05, 0) is 25.5 Å². The van der Waals surface area contributed by atoms with Crippen LogP contribution >= 0.6 is 0 Å². The van der Waals surface area contributed by atoms with E-state index in [-0.39, 0.29) is 39.5 Å². The average molecular weight is 457 g/mol. The van der Waals surface area contributed by atoms with Crippen LogP contribution in [0.5, 0.6) is 5.75 Å². The Morgan fingerprint density at radius 2 is 1.97 bits per heavy atom. The first-order valence-corrected chi connectivity index (χ1v) is 11.2. The highest BCUT2D eigenvalue weighted by Crippen LogP contribution is 2.38. The van der Waals surface area contributed by atoms with Crippen molar-refractivity contribution in [3.63, 3.8) is 0 Å². The number of halogens is 3. The van der Waals surface area contributed by atoms with Gasteiger partial charge in [-0.1, -0.05) is 6.92 Å². The summed E-state index contributed by atoms with van der Waals surface area (Å²) < 4.78 is 69.1. The lowest BCUT2D eigenvalue weighted by Gasteiger charge is -2.16. The lowest BCUT2D eigenvalue weighted by Crippen LogP contribution is -2.16. The van der Waals surface area contributed by atoms with Gasteiger partial charge in [0.05, 0.1) is 28.6 Å². The molecular formula is C19H22F3N5O3S. The van der Waals surface area contributed by atoms with E-state index >= 15 is 0 Å². The van der Waals surface area contributed by atoms with Gasteiger partial charge >= 0.3 is 6.18 Å². The van der Waals surface area contributed by atoms with Crippen LogP contribution in [0.4, 0.5) is 30.6 Å². The monoisotopic (exact) mass is 457 g/mol. The van der Waals surface area contributed by atoms with Crippen LogP contribution in [-0.4, -0.2) is 42.8 Å². The van der Waals surface area contributed by atoms with Crippen molar-refractivity contribution in [1.29, 1.82) is 0 Å². The molecule has 0 aliphatic rings. The zero-order valence-electron chi connectivity index (χ0n) is 17.3. The largest absolute Gasteiger partial charge is 0.495 e. The minimum atomic E-state index is -4.58. The van der Waals surface area contributed by atoms with Crippen molar-refractivity contribution in [3.05, 3.63) is 30.0 Å². The Morgan fingerprint density at radius 3 is 2.55 bits per heavy atom. The zero-order chi connectivity index (χ0) is 23.0. The molecule has 3 rings (SSSR count). The van der Waals surface area contributed by atoms with Crippen LogP contribution < -0.4 is 15.4 Å². The Kier molecular flexibility index (Phi) is 6.03. The van der Waals surface area contributed by atoms with Crippen LogP contribution in [0, 0.1) is 0 Å². The molecule has 0 aliphatic heterocycles. The van der Waals surface area contributed by atoms with Crippen molar-refractivity contribution in [2.24, 2.45) is 0 Å². The Balaban J connectivity index is 2.09. The fourth-order valence-electron chi connectivity index (χ4n) is 2.88. The van der Waals surface area contributed by atoms with Crippen LogP contribution in [0.15, 0.2) is 29.3 Å². The first kappa shape index (κ1) is 22.7. The van der Waals surface area contributed by atoms with E-state index in [1.54, 1.807) is 0 Å². The van der Waals surface area contributed by atoms with Gasteiger partial charge in [-0.25, -0.2) is 8.42 Å². The maximum absolute atomic E-state index is 13.4. The van der Waals surface area contributed by atoms with Gasteiger partial charge in [-0.15, -0.1) is 0 Å². The van der Waals surface area contributed by atoms with E-state index in [1.807, 2.05) is 13.8 Å². The summed E-state index contributed by atoms with van der Waals surface area (Å²) in [4.78, 5) is 11.0. The lowest BCUT2D eigenvalue weighted by molar-refractivity contribution is -0.136. The molecule has 0 aliphatic carbocycles. The summed E-state index contributed by atoms with van der Waals surface area (Å²) in [5, 5.41) is 5.73. The molecule has 0 radical (unpaired) electrons. The van der Waals surface area contributed by atoms with Gasteiger partial charge < -0.3 is 20.4 Å². The van der Waals surface area contributed by atoms with Gasteiger partial charge in [0.1, 0.15) is 17.2 Å². The second kappa shape index (κ2) is 8.25. The fourth-order valence-corrected chi connectivity index (χ4v) is 3.51. The minimum absolute atomic E-state index is 0.00218. The smallest absolute Gasteiger partial charge is 0.418 e. The van der Waals surface area contributed by atoms with E-state index in [2.05, 4.69) is 25.6 Å². The number of hydrogen-bond donors (Lipinski definition) is 3. The molecule has 8 nitrogen and oxygen atoms in total. The maximum atomic E-state index is 13.4. The SMILES string of the molecule is CC[C@H](C)Nc1nc(Nc2ccc(S(C)(=O)=O)cc2OC)nc2[nH]cc(C(F)(F)F)c12. The van der Waals surface area contributed by atoms with E-state index in [4.69, 9.17) is 4.74 Å². The predicted molar refractivity (Wildman–Crippen MR) is 112 cm³/mol. The number of hydrogen-bond acceptors (Lipinski definition) is 7. The number of ether oxygens (including phenoxy) is 1. The fraction of sp³-hybridized carbons (Fsp3) is 0.368. The zero-order valence-corrected chi connectivity index (χ0v) is 18.1. The number of rotatable bonds is 7. The maximum Gasteiger partial charge on any atom is 0.418 e. The minimum Gasteiger partial charge on any atom is -0.495 e. The van der Waals surface area contributed by atoms with Gasteiger partial charge in [0.2, 0.25) is 5.95 Å². The summed E-state index contributed by atoms with van der Waals surface area (Å²) >= 11 is 0. The Morgan fingerprint density at radius 1 is 1.26 bits per heavy atom. The Labute approximate surface area is 177 Å². The van der Waals surface area contributed by atoms with Crippen molar-refractivity contribution in [2.45, 2.75) is 37.4 Å². The highest BCUT2D eigenvalue weighted by Gasteiger charge is 2.35. The van der Waals surface area contributed by atoms with Crippen molar-refractivity contribution in [3.8, 4) is 5.75 Å². The highest BCUT2D eigenvalue weighted by molar-refractivity contribution is 7.90. The molecule has 0 spiro atoms. The number of sulfone groups is 1. The van der Waals surface area contributed by atoms with E-state index in [0.717, 1.165) is 12.5 Å². The number of benzene rings is 1. The number of anilines is 3. The van der Waals surface area contributed by atoms with Gasteiger partial charge in [0, 0.05) is 24.6 Å². The normalized spacial score (nSPS) is 13.3. The molecule has 2 aromatic heterocycles. The first-order chi connectivity index (χ1) is 14.4. The van der Waals surface area contributed by atoms with E-state index in [0.29, 0.717) is 12.1 Å². The van der Waals surface area contributed by atoms with Crippen molar-refractivity contribution in [2.75, 3.05) is 24.0 Å². The topological polar surface area (TPSA) is 109 Å². The summed E-state index contributed by atoms with van der Waals surface area (Å²) in [5.74, 6) is 0.256. The molecule has 1 atom stereocenters. The number of nitrogens with zero attached hydrogens (tertiary/aromatic N) is 2. The Hall–Kier alpha value is -3.02. The van der Waals surface area contributed by atoms with E-state index in [1.165, 1.54) is 25.3 Å². The molecular weight excluding hydrogens is 435 g/mol. The first-order valence-electron chi connectivity index (χ1n) is 9.32. The van der Waals surface area contributed by atoms with Crippen LogP contribution in [0.3, 0.4) is 0 Å². The Bertz CT molecular complexity index is 1210. The van der Waals surface area contributed by atoms with E-state index < -0.39 is 21.6 Å². The second-order valence-corrected chi connectivity index (χ2v) is 9.05. The third kappa shape index (κ3) is 4.84. The van der Waals surface area contributed by atoms with Gasteiger partial charge in [-0.2, -0.15) is 23.1 Å². The molecule has 0 bridgehead atoms. The molecule has 31 heavy (non-hydrogen) atoms. The molecule has 168 valence electrons. The van der Waals surface area contributed by atoms with Gasteiger partial charge in [0.15, 0.2) is 9.84 Å². The van der Waals surface area contributed by atoms with Gasteiger partial charge in [-0.3, -0.25) is 0 Å². The number of fused-ring (bicyclic) bond motifs is 1. The molecule has 12 heteroatoms. The molecule has 3 N–H and O–H groups in total. The van der Waals surface area contributed by atoms with Crippen molar-refractivity contribution >= 4 is 38.3 Å². The van der Waals surface area contributed by atoms with Crippen LogP contribution in [0.25, 0.3) is 11.0 Å². The quantitative estimate of drug-likeness (QED) is 0.484.